The minimum atomic E-state index is -4.01. The number of nitrogens with two attached hydrogens (primary N) is 1. The van der Waals surface area contributed by atoms with E-state index in [1.807, 2.05) is 0 Å². The molecule has 0 amide bonds. The lowest BCUT2D eigenvalue weighted by Crippen LogP contribution is -2.32. The molecule has 0 saturated heterocycles. The van der Waals surface area contributed by atoms with Crippen molar-refractivity contribution in [3.8, 4) is 17.9 Å². The summed E-state index contributed by atoms with van der Waals surface area (Å²) in [6.45, 7) is -0.846. The van der Waals surface area contributed by atoms with E-state index in [0.29, 0.717) is 0 Å². The Hall–Kier alpha value is -2.29. The second kappa shape index (κ2) is 6.05. The minimum Gasteiger partial charge on any atom is -0.495 e. The number of methoxy groups -OCH3 is 1. The summed E-state index contributed by atoms with van der Waals surface area (Å²) < 4.78 is 30.4. The van der Waals surface area contributed by atoms with Crippen LogP contribution in [0.3, 0.4) is 0 Å². The van der Waals surface area contributed by atoms with Gasteiger partial charge in [0.25, 0.3) is 0 Å². The van der Waals surface area contributed by atoms with E-state index in [1.54, 1.807) is 12.1 Å². The Balaban J connectivity index is 3.37. The van der Waals surface area contributed by atoms with Gasteiger partial charge in [0.2, 0.25) is 10.0 Å². The molecule has 0 bridgehead atoms. The molecule has 1 rings (SSSR count). The molecule has 0 aliphatic heterocycles. The number of anilines is 1. The number of benzene rings is 1. The molecule has 0 aliphatic rings. The summed E-state index contributed by atoms with van der Waals surface area (Å²) in [7, 11) is -2.68. The van der Waals surface area contributed by atoms with Gasteiger partial charge >= 0.3 is 0 Å². The van der Waals surface area contributed by atoms with Gasteiger partial charge in [-0.3, -0.25) is 0 Å². The third-order valence-corrected chi connectivity index (χ3v) is 4.11. The van der Waals surface area contributed by atoms with Gasteiger partial charge < -0.3 is 10.5 Å². The number of sulfonamides is 1. The number of rotatable bonds is 5. The molecule has 0 saturated carbocycles. The molecule has 19 heavy (non-hydrogen) atoms. The van der Waals surface area contributed by atoms with E-state index in [9.17, 15) is 8.42 Å². The fourth-order valence-electron chi connectivity index (χ4n) is 1.42. The fraction of sp³-hybridized carbons (Fsp3) is 0.273. The van der Waals surface area contributed by atoms with Gasteiger partial charge in [-0.05, 0) is 18.2 Å². The molecule has 1 aromatic rings. The van der Waals surface area contributed by atoms with Gasteiger partial charge in [-0.1, -0.05) is 0 Å². The van der Waals surface area contributed by atoms with E-state index >= 15 is 0 Å². The Labute approximate surface area is 111 Å². The number of ether oxygens (including phenoxy) is 1. The first-order valence-electron chi connectivity index (χ1n) is 5.15. The summed E-state index contributed by atoms with van der Waals surface area (Å²) >= 11 is 0. The van der Waals surface area contributed by atoms with Gasteiger partial charge in [-0.25, -0.2) is 8.42 Å². The first-order valence-corrected chi connectivity index (χ1v) is 6.59. The van der Waals surface area contributed by atoms with E-state index in [2.05, 4.69) is 0 Å². The van der Waals surface area contributed by atoms with E-state index in [1.165, 1.54) is 25.3 Å². The third-order valence-electron chi connectivity index (χ3n) is 2.30. The van der Waals surface area contributed by atoms with Gasteiger partial charge in [0.15, 0.2) is 0 Å². The second-order valence-electron chi connectivity index (χ2n) is 3.50. The average Bonchev–Trinajstić information content (AvgIpc) is 2.38. The quantitative estimate of drug-likeness (QED) is 0.612. The van der Waals surface area contributed by atoms with Crippen LogP contribution in [0.25, 0.3) is 0 Å². The molecule has 0 atom stereocenters. The molecule has 0 aliphatic carbocycles. The summed E-state index contributed by atoms with van der Waals surface area (Å²) in [5.74, 6) is 0.107. The average molecular weight is 280 g/mol. The van der Waals surface area contributed by atoms with Crippen molar-refractivity contribution in [2.24, 2.45) is 0 Å². The number of hydrogen-bond acceptors (Lipinski definition) is 6. The van der Waals surface area contributed by atoms with Crippen molar-refractivity contribution < 1.29 is 13.2 Å². The monoisotopic (exact) mass is 280 g/mol. The molecular formula is C11H12N4O3S. The zero-order chi connectivity index (χ0) is 14.5. The molecule has 0 aromatic heterocycles. The van der Waals surface area contributed by atoms with Crippen LogP contribution >= 0.6 is 0 Å². The Morgan fingerprint density at radius 3 is 2.37 bits per heavy atom. The van der Waals surface area contributed by atoms with Crippen LogP contribution in [0.2, 0.25) is 0 Å². The Kier molecular flexibility index (Phi) is 4.70. The molecule has 0 heterocycles. The maximum atomic E-state index is 12.3. The highest BCUT2D eigenvalue weighted by molar-refractivity contribution is 7.89. The van der Waals surface area contributed by atoms with Gasteiger partial charge in [0.05, 0.1) is 19.2 Å². The lowest BCUT2D eigenvalue weighted by molar-refractivity contribution is 0.398. The molecule has 0 unspecified atom stereocenters. The van der Waals surface area contributed by atoms with Crippen molar-refractivity contribution in [2.75, 3.05) is 25.9 Å². The summed E-state index contributed by atoms with van der Waals surface area (Å²) in [6.07, 6.45) is 0. The summed E-state index contributed by atoms with van der Waals surface area (Å²) in [5, 5.41) is 17.3. The van der Waals surface area contributed by atoms with Crippen LogP contribution in [0.5, 0.6) is 5.75 Å². The summed E-state index contributed by atoms with van der Waals surface area (Å²) in [4.78, 5) is -0.166. The van der Waals surface area contributed by atoms with E-state index in [0.717, 1.165) is 4.31 Å². The van der Waals surface area contributed by atoms with Crippen molar-refractivity contribution in [2.45, 2.75) is 4.90 Å². The molecule has 8 heteroatoms. The zero-order valence-corrected chi connectivity index (χ0v) is 11.0. The number of nitriles is 2. The SMILES string of the molecule is COc1ccc(N)cc1S(=O)(=O)N(CC#N)CC#N. The normalized spacial score (nSPS) is 10.7. The molecule has 0 spiro atoms. The second-order valence-corrected chi connectivity index (χ2v) is 5.41. The first kappa shape index (κ1) is 14.8. The number of nitrogen functional groups attached to an aromatic ring is 1. The van der Waals surface area contributed by atoms with Crippen LogP contribution in [0.1, 0.15) is 0 Å². The van der Waals surface area contributed by atoms with Gasteiger partial charge in [-0.15, -0.1) is 0 Å². The van der Waals surface area contributed by atoms with Crippen molar-refractivity contribution in [1.29, 1.82) is 10.5 Å². The van der Waals surface area contributed by atoms with Crippen molar-refractivity contribution in [1.82, 2.24) is 4.31 Å². The van der Waals surface area contributed by atoms with Crippen LogP contribution in [0, 0.1) is 22.7 Å². The molecule has 0 radical (unpaired) electrons. The molecule has 7 nitrogen and oxygen atoms in total. The predicted octanol–water partition coefficient (Wildman–Crippen LogP) is 0.315. The lowest BCUT2D eigenvalue weighted by atomic mass is 10.3. The molecule has 100 valence electrons. The van der Waals surface area contributed by atoms with E-state index < -0.39 is 23.1 Å². The molecule has 2 N–H and O–H groups in total. The van der Waals surface area contributed by atoms with E-state index in [4.69, 9.17) is 21.0 Å². The van der Waals surface area contributed by atoms with Crippen LogP contribution < -0.4 is 10.5 Å². The smallest absolute Gasteiger partial charge is 0.248 e. The van der Waals surface area contributed by atoms with Crippen molar-refractivity contribution in [3.63, 3.8) is 0 Å². The number of nitrogens with zero attached hydrogens (tertiary/aromatic N) is 3. The minimum absolute atomic E-state index is 0.107. The van der Waals surface area contributed by atoms with Crippen molar-refractivity contribution >= 4 is 15.7 Å². The molecule has 1 aromatic carbocycles. The zero-order valence-electron chi connectivity index (χ0n) is 10.2. The van der Waals surface area contributed by atoms with Crippen LogP contribution in [0.15, 0.2) is 23.1 Å². The maximum Gasteiger partial charge on any atom is 0.248 e. The fourth-order valence-corrected chi connectivity index (χ4v) is 2.84. The van der Waals surface area contributed by atoms with Gasteiger partial charge in [-0.2, -0.15) is 14.8 Å². The van der Waals surface area contributed by atoms with Crippen LogP contribution in [-0.4, -0.2) is 32.9 Å². The Bertz CT molecular complexity index is 627. The lowest BCUT2D eigenvalue weighted by Gasteiger charge is -2.18. The highest BCUT2D eigenvalue weighted by Crippen LogP contribution is 2.28. The summed E-state index contributed by atoms with van der Waals surface area (Å²) in [6, 6.07) is 7.55. The standard InChI is InChI=1S/C11H12N4O3S/c1-18-10-3-2-9(14)8-11(10)19(16,17)15(6-4-12)7-5-13/h2-3,8H,6-7,14H2,1H3. The van der Waals surface area contributed by atoms with Crippen molar-refractivity contribution in [3.05, 3.63) is 18.2 Å². The summed E-state index contributed by atoms with van der Waals surface area (Å²) in [5.41, 5.74) is 5.80. The molecule has 0 fully saturated rings. The Morgan fingerprint density at radius 2 is 1.89 bits per heavy atom. The Morgan fingerprint density at radius 1 is 1.32 bits per heavy atom. The van der Waals surface area contributed by atoms with Gasteiger partial charge in [0.1, 0.15) is 23.7 Å². The van der Waals surface area contributed by atoms with Crippen LogP contribution in [-0.2, 0) is 10.0 Å². The highest BCUT2D eigenvalue weighted by Gasteiger charge is 2.27. The predicted molar refractivity (Wildman–Crippen MR) is 67.4 cm³/mol. The highest BCUT2D eigenvalue weighted by atomic mass is 32.2. The first-order chi connectivity index (χ1) is 8.97. The largest absolute Gasteiger partial charge is 0.495 e. The third kappa shape index (κ3) is 3.13. The van der Waals surface area contributed by atoms with Gasteiger partial charge in [0, 0.05) is 5.69 Å². The van der Waals surface area contributed by atoms with Crippen LogP contribution in [0.4, 0.5) is 5.69 Å². The molecular weight excluding hydrogens is 268 g/mol. The number of hydrogen-bond donors (Lipinski definition) is 1. The topological polar surface area (TPSA) is 120 Å². The van der Waals surface area contributed by atoms with E-state index in [-0.39, 0.29) is 16.3 Å². The maximum absolute atomic E-state index is 12.3.